The summed E-state index contributed by atoms with van der Waals surface area (Å²) in [5, 5.41) is 5.02. The number of piperidine rings is 1. The van der Waals surface area contributed by atoms with Crippen LogP contribution in [0.15, 0.2) is 30.3 Å². The van der Waals surface area contributed by atoms with Crippen LogP contribution in [0.2, 0.25) is 0 Å². The lowest BCUT2D eigenvalue weighted by Gasteiger charge is -2.35. The number of nitrogens with zero attached hydrogens (tertiary/aromatic N) is 6. The first-order valence-electron chi connectivity index (χ1n) is 13.0. The molecule has 1 aromatic carbocycles. The van der Waals surface area contributed by atoms with Gasteiger partial charge in [-0.05, 0) is 62.6 Å². The van der Waals surface area contributed by atoms with Gasteiger partial charge in [0.25, 0.3) is 5.91 Å². The molecule has 6 rings (SSSR count). The number of amides is 1. The van der Waals surface area contributed by atoms with Gasteiger partial charge in [-0.15, -0.1) is 0 Å². The molecule has 0 N–H and O–H groups in total. The third-order valence-electron chi connectivity index (χ3n) is 7.83. The van der Waals surface area contributed by atoms with E-state index in [0.717, 1.165) is 93.1 Å². The molecule has 184 valence electrons. The monoisotopic (exact) mass is 476 g/mol. The largest absolute Gasteiger partial charge is 0.359 e. The van der Waals surface area contributed by atoms with Crippen LogP contribution >= 0.6 is 0 Å². The van der Waals surface area contributed by atoms with E-state index in [-0.39, 0.29) is 17.8 Å². The highest BCUT2D eigenvalue weighted by molar-refractivity contribution is 5.96. The van der Waals surface area contributed by atoms with E-state index in [1.54, 1.807) is 6.07 Å². The number of carbonyl (C=O) groups is 1. The van der Waals surface area contributed by atoms with Gasteiger partial charge in [0.1, 0.15) is 17.5 Å². The second-order valence-corrected chi connectivity index (χ2v) is 10.2. The van der Waals surface area contributed by atoms with E-state index in [1.165, 1.54) is 18.6 Å². The van der Waals surface area contributed by atoms with E-state index in [4.69, 9.17) is 10.1 Å². The number of carbonyl (C=O) groups excluding carboxylic acids is 1. The van der Waals surface area contributed by atoms with Gasteiger partial charge in [0.15, 0.2) is 5.65 Å². The molecule has 8 heteroatoms. The summed E-state index contributed by atoms with van der Waals surface area (Å²) < 4.78 is 16.2. The van der Waals surface area contributed by atoms with Crippen LogP contribution in [0.3, 0.4) is 0 Å². The fourth-order valence-electron chi connectivity index (χ4n) is 5.66. The molecule has 2 saturated heterocycles. The molecule has 35 heavy (non-hydrogen) atoms. The summed E-state index contributed by atoms with van der Waals surface area (Å²) in [5.74, 6) is 1.60. The van der Waals surface area contributed by atoms with E-state index in [2.05, 4.69) is 29.0 Å². The first kappa shape index (κ1) is 22.3. The number of halogens is 1. The molecule has 2 aromatic heterocycles. The normalized spacial score (nSPS) is 21.4. The Morgan fingerprint density at radius 1 is 0.943 bits per heavy atom. The number of benzene rings is 1. The third kappa shape index (κ3) is 4.13. The standard InChI is InChI=1S/C27H33FN6O/c1-31-12-5-2-3-8-19-10-11-20(28)16-21(19)27(35)33-15-6-4-9-23(33)22-17-25-29-24(32-13-7-14-32)18-26(31)34(25)30-22/h10-11,16-18,23H,2-9,12-15H2,1H3. The van der Waals surface area contributed by atoms with Gasteiger partial charge in [-0.1, -0.05) is 12.5 Å². The van der Waals surface area contributed by atoms with Crippen molar-refractivity contribution in [3.8, 4) is 0 Å². The Balaban J connectivity index is 1.47. The van der Waals surface area contributed by atoms with Crippen LogP contribution in [0.5, 0.6) is 0 Å². The number of aryl methyl sites for hydroxylation is 1. The van der Waals surface area contributed by atoms with E-state index in [1.807, 2.05) is 9.42 Å². The fraction of sp³-hybridized carbons (Fsp3) is 0.519. The quantitative estimate of drug-likeness (QED) is 0.514. The Hall–Kier alpha value is -3.16. The average Bonchev–Trinajstić information content (AvgIpc) is 3.26. The zero-order valence-corrected chi connectivity index (χ0v) is 20.4. The van der Waals surface area contributed by atoms with Gasteiger partial charge >= 0.3 is 0 Å². The van der Waals surface area contributed by atoms with Gasteiger partial charge in [-0.2, -0.15) is 9.61 Å². The van der Waals surface area contributed by atoms with Crippen molar-refractivity contribution in [2.24, 2.45) is 0 Å². The van der Waals surface area contributed by atoms with Crippen LogP contribution in [0.4, 0.5) is 16.0 Å². The maximum atomic E-state index is 14.3. The zero-order valence-electron chi connectivity index (χ0n) is 20.4. The van der Waals surface area contributed by atoms with E-state index in [9.17, 15) is 9.18 Å². The Labute approximate surface area is 205 Å². The van der Waals surface area contributed by atoms with Gasteiger partial charge in [0, 0.05) is 50.9 Å². The summed E-state index contributed by atoms with van der Waals surface area (Å²) in [5.41, 5.74) is 3.14. The van der Waals surface area contributed by atoms with Gasteiger partial charge in [0.2, 0.25) is 0 Å². The predicted octanol–water partition coefficient (Wildman–Crippen LogP) is 4.61. The van der Waals surface area contributed by atoms with Crippen molar-refractivity contribution in [1.29, 1.82) is 0 Å². The lowest BCUT2D eigenvalue weighted by Crippen LogP contribution is -2.39. The Morgan fingerprint density at radius 3 is 2.63 bits per heavy atom. The number of hydrogen-bond donors (Lipinski definition) is 0. The Kier molecular flexibility index (Phi) is 5.82. The van der Waals surface area contributed by atoms with Gasteiger partial charge in [-0.25, -0.2) is 9.37 Å². The molecule has 1 amide bonds. The van der Waals surface area contributed by atoms with Crippen LogP contribution in [0.25, 0.3) is 5.65 Å². The number of hydrogen-bond acceptors (Lipinski definition) is 5. The molecule has 0 saturated carbocycles. The molecule has 0 radical (unpaired) electrons. The summed E-state index contributed by atoms with van der Waals surface area (Å²) in [6.45, 7) is 3.65. The maximum Gasteiger partial charge on any atom is 0.254 e. The van der Waals surface area contributed by atoms with Crippen LogP contribution in [-0.2, 0) is 6.42 Å². The summed E-state index contributed by atoms with van der Waals surface area (Å²) in [6.07, 6.45) is 7.87. The van der Waals surface area contributed by atoms with Crippen LogP contribution in [0, 0.1) is 5.82 Å². The highest BCUT2D eigenvalue weighted by Gasteiger charge is 2.32. The number of aromatic nitrogens is 3. The van der Waals surface area contributed by atoms with Crippen molar-refractivity contribution in [3.63, 3.8) is 0 Å². The first-order chi connectivity index (χ1) is 17.1. The fourth-order valence-corrected chi connectivity index (χ4v) is 5.66. The minimum Gasteiger partial charge on any atom is -0.359 e. The lowest BCUT2D eigenvalue weighted by molar-refractivity contribution is 0.0604. The first-order valence-corrected chi connectivity index (χ1v) is 13.0. The van der Waals surface area contributed by atoms with Crippen LogP contribution < -0.4 is 9.80 Å². The lowest BCUT2D eigenvalue weighted by atomic mass is 9.95. The third-order valence-corrected chi connectivity index (χ3v) is 7.83. The molecule has 0 spiro atoms. The van der Waals surface area contributed by atoms with Crippen molar-refractivity contribution in [2.75, 3.05) is 43.0 Å². The Bertz CT molecular complexity index is 1250. The van der Waals surface area contributed by atoms with Crippen molar-refractivity contribution >= 4 is 23.2 Å². The molecule has 3 aliphatic rings. The minimum atomic E-state index is -0.356. The topological polar surface area (TPSA) is 57.0 Å². The zero-order chi connectivity index (χ0) is 23.9. The maximum absolute atomic E-state index is 14.3. The number of rotatable bonds is 1. The predicted molar refractivity (Wildman–Crippen MR) is 135 cm³/mol. The molecule has 1 unspecified atom stereocenters. The summed E-state index contributed by atoms with van der Waals surface area (Å²) in [6, 6.07) is 8.78. The molecular formula is C27H33FN6O. The van der Waals surface area contributed by atoms with Crippen LogP contribution in [-0.4, -0.2) is 58.6 Å². The van der Waals surface area contributed by atoms with Crippen molar-refractivity contribution in [3.05, 3.63) is 53.0 Å². The van der Waals surface area contributed by atoms with E-state index >= 15 is 0 Å². The second-order valence-electron chi connectivity index (χ2n) is 10.2. The number of fused-ring (bicyclic) bond motifs is 4. The minimum absolute atomic E-state index is 0.0808. The smallest absolute Gasteiger partial charge is 0.254 e. The molecule has 2 fully saturated rings. The van der Waals surface area contributed by atoms with Crippen molar-refractivity contribution < 1.29 is 9.18 Å². The molecule has 5 heterocycles. The molecular weight excluding hydrogens is 443 g/mol. The molecule has 2 bridgehead atoms. The number of anilines is 2. The highest BCUT2D eigenvalue weighted by Crippen LogP contribution is 2.34. The molecule has 1 atom stereocenters. The average molecular weight is 477 g/mol. The summed E-state index contributed by atoms with van der Waals surface area (Å²) in [4.78, 5) is 25.3. The van der Waals surface area contributed by atoms with Crippen molar-refractivity contribution in [2.45, 2.75) is 57.4 Å². The SMILES string of the molecule is CN1CCCCCc2ccc(F)cc2C(=O)N2CCCCC2c2cc3nc(N4CCC4)cc1n3n2. The summed E-state index contributed by atoms with van der Waals surface area (Å²) >= 11 is 0. The second kappa shape index (κ2) is 9.13. The van der Waals surface area contributed by atoms with E-state index < -0.39 is 0 Å². The Morgan fingerprint density at radius 2 is 1.80 bits per heavy atom. The molecule has 3 aromatic rings. The van der Waals surface area contributed by atoms with Crippen LogP contribution in [0.1, 0.15) is 72.6 Å². The van der Waals surface area contributed by atoms with E-state index in [0.29, 0.717) is 12.1 Å². The van der Waals surface area contributed by atoms with Gasteiger partial charge in [0.05, 0.1) is 11.7 Å². The van der Waals surface area contributed by atoms with Crippen molar-refractivity contribution in [1.82, 2.24) is 19.5 Å². The summed E-state index contributed by atoms with van der Waals surface area (Å²) in [7, 11) is 2.13. The molecule has 3 aliphatic heterocycles. The highest BCUT2D eigenvalue weighted by atomic mass is 19.1. The molecule has 0 aliphatic carbocycles. The van der Waals surface area contributed by atoms with Gasteiger partial charge < -0.3 is 14.7 Å². The van der Waals surface area contributed by atoms with Gasteiger partial charge in [-0.3, -0.25) is 4.79 Å². The molecule has 7 nitrogen and oxygen atoms in total.